The second-order valence-corrected chi connectivity index (χ2v) is 6.29. The second-order valence-electron chi connectivity index (χ2n) is 5.91. The first-order valence-corrected chi connectivity index (χ1v) is 8.11. The van der Waals surface area contributed by atoms with Crippen molar-refractivity contribution in [3.8, 4) is 0 Å². The molecular formula is C14H20ClN5O3. The van der Waals surface area contributed by atoms with Crippen LogP contribution in [0.3, 0.4) is 0 Å². The lowest BCUT2D eigenvalue weighted by atomic mass is 10.1. The Kier molecular flexibility index (Phi) is 5.02. The number of aromatic amines is 1. The number of ether oxygens (including phenoxy) is 1. The second kappa shape index (κ2) is 7.18. The number of anilines is 1. The third-order valence-corrected chi connectivity index (χ3v) is 4.58. The van der Waals surface area contributed by atoms with E-state index in [0.29, 0.717) is 37.8 Å². The summed E-state index contributed by atoms with van der Waals surface area (Å²) < 4.78 is 5.28. The molecule has 0 aliphatic carbocycles. The summed E-state index contributed by atoms with van der Waals surface area (Å²) in [5.41, 5.74) is 0.195. The molecule has 2 saturated heterocycles. The lowest BCUT2D eigenvalue weighted by Crippen LogP contribution is -2.44. The standard InChI is InChI=1S/C14H20ClN5O3/c15-12-11(6-17-19-13(12)21)20-3-1-10(7-20)18-14(22)16-5-9-2-4-23-8-9/h6,9-10H,1-5,7-8H2,(H,19,21)(H2,16,18,22)/t9?,10-/m1/s1. The number of urea groups is 1. The summed E-state index contributed by atoms with van der Waals surface area (Å²) in [4.78, 5) is 25.4. The van der Waals surface area contributed by atoms with E-state index in [-0.39, 0.29) is 17.1 Å². The number of carbonyl (C=O) groups is 1. The van der Waals surface area contributed by atoms with Crippen molar-refractivity contribution in [2.75, 3.05) is 37.7 Å². The summed E-state index contributed by atoms with van der Waals surface area (Å²) >= 11 is 6.01. The van der Waals surface area contributed by atoms with Crippen molar-refractivity contribution in [2.45, 2.75) is 18.9 Å². The van der Waals surface area contributed by atoms with E-state index in [2.05, 4.69) is 20.8 Å². The van der Waals surface area contributed by atoms with Gasteiger partial charge in [-0.2, -0.15) is 5.10 Å². The fraction of sp³-hybridized carbons (Fsp3) is 0.643. The molecular weight excluding hydrogens is 322 g/mol. The monoisotopic (exact) mass is 341 g/mol. The number of hydrogen-bond donors (Lipinski definition) is 3. The molecule has 2 aliphatic heterocycles. The predicted molar refractivity (Wildman–Crippen MR) is 85.9 cm³/mol. The zero-order chi connectivity index (χ0) is 16.2. The van der Waals surface area contributed by atoms with E-state index in [1.54, 1.807) is 0 Å². The number of aromatic nitrogens is 2. The number of amides is 2. The molecule has 0 bridgehead atoms. The molecule has 1 unspecified atom stereocenters. The highest BCUT2D eigenvalue weighted by Gasteiger charge is 2.26. The topological polar surface area (TPSA) is 99.3 Å². The normalized spacial score (nSPS) is 24.0. The molecule has 0 aromatic carbocycles. The zero-order valence-electron chi connectivity index (χ0n) is 12.7. The van der Waals surface area contributed by atoms with E-state index < -0.39 is 5.56 Å². The molecule has 126 valence electrons. The van der Waals surface area contributed by atoms with Crippen LogP contribution < -0.4 is 21.1 Å². The van der Waals surface area contributed by atoms with Gasteiger partial charge in [-0.3, -0.25) is 4.79 Å². The van der Waals surface area contributed by atoms with Crippen molar-refractivity contribution in [1.29, 1.82) is 0 Å². The van der Waals surface area contributed by atoms with Gasteiger partial charge in [0.05, 0.1) is 18.5 Å². The van der Waals surface area contributed by atoms with E-state index in [1.807, 2.05) is 4.90 Å². The Bertz CT molecular complexity index is 617. The molecule has 0 spiro atoms. The number of H-pyrrole nitrogens is 1. The van der Waals surface area contributed by atoms with E-state index in [1.165, 1.54) is 6.20 Å². The van der Waals surface area contributed by atoms with Crippen molar-refractivity contribution < 1.29 is 9.53 Å². The molecule has 23 heavy (non-hydrogen) atoms. The first kappa shape index (κ1) is 16.1. The Morgan fingerprint density at radius 3 is 3.17 bits per heavy atom. The molecule has 9 heteroatoms. The molecule has 2 fully saturated rings. The molecule has 2 amide bonds. The van der Waals surface area contributed by atoms with Gasteiger partial charge < -0.3 is 20.3 Å². The number of nitrogens with zero attached hydrogens (tertiary/aromatic N) is 2. The molecule has 1 aromatic heterocycles. The highest BCUT2D eigenvalue weighted by Crippen LogP contribution is 2.24. The van der Waals surface area contributed by atoms with Crippen LogP contribution in [0.15, 0.2) is 11.0 Å². The van der Waals surface area contributed by atoms with Gasteiger partial charge in [-0.05, 0) is 12.8 Å². The van der Waals surface area contributed by atoms with Crippen LogP contribution in [-0.2, 0) is 4.74 Å². The molecule has 8 nitrogen and oxygen atoms in total. The summed E-state index contributed by atoms with van der Waals surface area (Å²) in [7, 11) is 0. The van der Waals surface area contributed by atoms with Crippen LogP contribution in [0.4, 0.5) is 10.5 Å². The first-order chi connectivity index (χ1) is 11.1. The van der Waals surface area contributed by atoms with Crippen LogP contribution in [-0.4, -0.2) is 55.1 Å². The molecule has 2 atom stereocenters. The van der Waals surface area contributed by atoms with Crippen molar-refractivity contribution in [1.82, 2.24) is 20.8 Å². The summed E-state index contributed by atoms with van der Waals surface area (Å²) in [6.45, 7) is 3.44. The summed E-state index contributed by atoms with van der Waals surface area (Å²) in [5.74, 6) is 0.404. The third kappa shape index (κ3) is 3.94. The Morgan fingerprint density at radius 1 is 1.52 bits per heavy atom. The van der Waals surface area contributed by atoms with Crippen molar-refractivity contribution in [3.05, 3.63) is 21.6 Å². The van der Waals surface area contributed by atoms with E-state index in [4.69, 9.17) is 16.3 Å². The lowest BCUT2D eigenvalue weighted by molar-refractivity contribution is 0.185. The zero-order valence-corrected chi connectivity index (χ0v) is 13.4. The van der Waals surface area contributed by atoms with Gasteiger partial charge in [-0.1, -0.05) is 11.6 Å². The van der Waals surface area contributed by atoms with Crippen LogP contribution in [0.5, 0.6) is 0 Å². The maximum absolute atomic E-state index is 11.9. The fourth-order valence-electron chi connectivity index (χ4n) is 2.91. The van der Waals surface area contributed by atoms with Gasteiger partial charge in [-0.25, -0.2) is 9.89 Å². The fourth-order valence-corrected chi connectivity index (χ4v) is 3.12. The molecule has 1 aromatic rings. The highest BCUT2D eigenvalue weighted by molar-refractivity contribution is 6.33. The predicted octanol–water partition coefficient (Wildman–Crippen LogP) is 0.338. The SMILES string of the molecule is O=C(NCC1CCOC1)N[C@@H]1CCN(c2cn[nH]c(=O)c2Cl)C1. The average molecular weight is 342 g/mol. The Hall–Kier alpha value is -1.80. The molecule has 3 rings (SSSR count). The molecule has 2 aliphatic rings. The van der Waals surface area contributed by atoms with Crippen molar-refractivity contribution in [2.24, 2.45) is 5.92 Å². The van der Waals surface area contributed by atoms with Crippen LogP contribution in [0, 0.1) is 5.92 Å². The average Bonchev–Trinajstić information content (AvgIpc) is 3.19. The van der Waals surface area contributed by atoms with Crippen LogP contribution in [0.2, 0.25) is 5.02 Å². The quantitative estimate of drug-likeness (QED) is 0.733. The van der Waals surface area contributed by atoms with Gasteiger partial charge in [-0.15, -0.1) is 0 Å². The third-order valence-electron chi connectivity index (χ3n) is 4.22. The van der Waals surface area contributed by atoms with Crippen LogP contribution in [0.1, 0.15) is 12.8 Å². The molecule has 3 heterocycles. The van der Waals surface area contributed by atoms with Gasteiger partial charge in [0.15, 0.2) is 0 Å². The largest absolute Gasteiger partial charge is 0.381 e. The van der Waals surface area contributed by atoms with Gasteiger partial charge in [0, 0.05) is 38.2 Å². The first-order valence-electron chi connectivity index (χ1n) is 7.73. The summed E-state index contributed by atoms with van der Waals surface area (Å²) in [6, 6.07) is -0.149. The smallest absolute Gasteiger partial charge is 0.315 e. The van der Waals surface area contributed by atoms with Crippen molar-refractivity contribution in [3.63, 3.8) is 0 Å². The van der Waals surface area contributed by atoms with Gasteiger partial charge in [0.2, 0.25) is 0 Å². The highest BCUT2D eigenvalue weighted by atomic mass is 35.5. The van der Waals surface area contributed by atoms with Crippen LogP contribution in [0.25, 0.3) is 0 Å². The van der Waals surface area contributed by atoms with E-state index >= 15 is 0 Å². The molecule has 0 radical (unpaired) electrons. The summed E-state index contributed by atoms with van der Waals surface area (Å²) in [6.07, 6.45) is 3.32. The number of halogens is 1. The Labute approximate surface area is 138 Å². The number of nitrogens with one attached hydrogen (secondary N) is 3. The molecule has 3 N–H and O–H groups in total. The Balaban J connectivity index is 1.48. The lowest BCUT2D eigenvalue weighted by Gasteiger charge is -2.19. The van der Waals surface area contributed by atoms with Gasteiger partial charge in [0.1, 0.15) is 5.02 Å². The van der Waals surface area contributed by atoms with Crippen molar-refractivity contribution >= 4 is 23.3 Å². The maximum Gasteiger partial charge on any atom is 0.315 e. The number of carbonyl (C=O) groups excluding carboxylic acids is 1. The summed E-state index contributed by atoms with van der Waals surface area (Å²) in [5, 5.41) is 12.0. The number of hydrogen-bond acceptors (Lipinski definition) is 5. The van der Waals surface area contributed by atoms with Gasteiger partial charge >= 0.3 is 6.03 Å². The minimum absolute atomic E-state index is 0.0187. The minimum Gasteiger partial charge on any atom is -0.381 e. The Morgan fingerprint density at radius 2 is 2.39 bits per heavy atom. The maximum atomic E-state index is 11.9. The van der Waals surface area contributed by atoms with Gasteiger partial charge in [0.25, 0.3) is 5.56 Å². The number of rotatable bonds is 4. The molecule has 0 saturated carbocycles. The van der Waals surface area contributed by atoms with E-state index in [0.717, 1.165) is 19.4 Å². The minimum atomic E-state index is -0.405. The van der Waals surface area contributed by atoms with E-state index in [9.17, 15) is 9.59 Å². The van der Waals surface area contributed by atoms with Crippen LogP contribution >= 0.6 is 11.6 Å².